The smallest absolute Gasteiger partial charge is 0.225 e. The number of unbranched alkanes of at least 4 members (excludes halogenated alkanes) is 1. The molecule has 0 unspecified atom stereocenters. The summed E-state index contributed by atoms with van der Waals surface area (Å²) in [6.07, 6.45) is 3.07. The van der Waals surface area contributed by atoms with Crippen molar-refractivity contribution in [2.75, 3.05) is 0 Å². The van der Waals surface area contributed by atoms with Gasteiger partial charge in [-0.25, -0.2) is 0 Å². The van der Waals surface area contributed by atoms with Crippen molar-refractivity contribution in [3.63, 3.8) is 0 Å². The van der Waals surface area contributed by atoms with E-state index in [4.69, 9.17) is 6.36 Å². The third-order valence-electron chi connectivity index (χ3n) is 0.830. The van der Waals surface area contributed by atoms with Gasteiger partial charge in [0.05, 0.1) is 0 Å². The van der Waals surface area contributed by atoms with E-state index < -0.39 is 7.34 Å². The van der Waals surface area contributed by atoms with Gasteiger partial charge in [0.1, 0.15) is 7.17 Å². The first-order chi connectivity index (χ1) is 3.77. The maximum Gasteiger partial charge on any atom is 0.225 e. The minimum Gasteiger partial charge on any atom is -0.463 e. The molecule has 7 heavy (non-hydrogen) atoms. The lowest BCUT2D eigenvalue weighted by atomic mass is 9.48. The standard InChI is InChI=1S/C4H11B2O/c1-2-3-4-5-6-7/h6-7H,2-4H2,1H3/i6T. The van der Waals surface area contributed by atoms with E-state index in [0.29, 0.717) is 0 Å². The molecule has 0 spiro atoms. The maximum atomic E-state index is 8.39. The Morgan fingerprint density at radius 1 is 2.00 bits per heavy atom. The van der Waals surface area contributed by atoms with Crippen LogP contribution in [0, 0.1) is 0 Å². The van der Waals surface area contributed by atoms with Crippen LogP contribution < -0.4 is 0 Å². The second-order valence-electron chi connectivity index (χ2n) is 1.53. The predicted octanol–water partition coefficient (Wildman–Crippen LogP) is 0.168. The van der Waals surface area contributed by atoms with Crippen molar-refractivity contribution in [2.24, 2.45) is 0 Å². The van der Waals surface area contributed by atoms with Crippen LogP contribution in [0.3, 0.4) is 0 Å². The van der Waals surface area contributed by atoms with E-state index in [-0.39, 0.29) is 0 Å². The second-order valence-corrected chi connectivity index (χ2v) is 1.53. The van der Waals surface area contributed by atoms with E-state index in [1.54, 1.807) is 7.17 Å². The van der Waals surface area contributed by atoms with Gasteiger partial charge in [-0.2, -0.15) is 0 Å². The molecule has 0 aliphatic heterocycles. The zero-order valence-electron chi connectivity index (χ0n) is 5.72. The van der Waals surface area contributed by atoms with Crippen molar-refractivity contribution in [1.29, 1.82) is 1.34 Å². The van der Waals surface area contributed by atoms with Gasteiger partial charge in [-0.15, -0.1) is 0 Å². The first kappa shape index (κ1) is 5.23. The molecule has 0 aromatic carbocycles. The average Bonchev–Trinajstić information content (AvgIpc) is 1.66. The summed E-state index contributed by atoms with van der Waals surface area (Å²) in [6, 6.07) is 0. The molecular formula is C4H11B2O. The lowest BCUT2D eigenvalue weighted by Crippen LogP contribution is -1.99. The molecule has 3 heteroatoms. The van der Waals surface area contributed by atoms with E-state index >= 15 is 0 Å². The molecule has 0 fully saturated rings. The Kier molecular flexibility index (Phi) is 4.55. The van der Waals surface area contributed by atoms with Gasteiger partial charge in [-0.3, -0.25) is 0 Å². The molecule has 0 bridgehead atoms. The number of hydrogen-bond donors (Lipinski definition) is 1. The number of hydrogen-bond acceptors (Lipinski definition) is 1. The van der Waals surface area contributed by atoms with Crippen LogP contribution in [0.2, 0.25) is 6.32 Å². The van der Waals surface area contributed by atoms with E-state index in [1.807, 2.05) is 0 Å². The fraction of sp³-hybridized carbons (Fsp3) is 1.00. The van der Waals surface area contributed by atoms with Crippen molar-refractivity contribution in [3.05, 3.63) is 0 Å². The molecule has 0 saturated carbocycles. The summed E-state index contributed by atoms with van der Waals surface area (Å²) in [4.78, 5) is 0. The summed E-state index contributed by atoms with van der Waals surface area (Å²) in [7, 11) is 0.630. The van der Waals surface area contributed by atoms with Crippen LogP contribution in [0.15, 0.2) is 0 Å². The SMILES string of the molecule is [3H]B(O)[B]CCCC. The third kappa shape index (κ3) is 6.09. The van der Waals surface area contributed by atoms with Crippen LogP contribution in [-0.4, -0.2) is 20.9 Å². The molecule has 1 radical (unpaired) electrons. The molecule has 0 saturated heterocycles. The summed E-state index contributed by atoms with van der Waals surface area (Å²) in [5.74, 6) is 0. The quantitative estimate of drug-likeness (QED) is 0.393. The molecule has 0 heterocycles. The van der Waals surface area contributed by atoms with Crippen molar-refractivity contribution in [1.82, 2.24) is 0 Å². The average molecular weight is 98.8 g/mol. The Morgan fingerprint density at radius 2 is 2.71 bits per heavy atom. The summed E-state index contributed by atoms with van der Waals surface area (Å²) >= 11 is 0. The normalized spacial score (nSPS) is 10.3. The van der Waals surface area contributed by atoms with Crippen molar-refractivity contribution >= 4 is 14.5 Å². The zero-order valence-corrected chi connectivity index (χ0v) is 4.72. The van der Waals surface area contributed by atoms with Crippen LogP contribution in [-0.2, 0) is 0 Å². The zero-order chi connectivity index (χ0) is 6.41. The molecule has 0 aromatic heterocycles. The van der Waals surface area contributed by atoms with E-state index in [0.717, 1.165) is 19.2 Å². The van der Waals surface area contributed by atoms with Gasteiger partial charge in [0, 0.05) is 1.34 Å². The van der Waals surface area contributed by atoms with Crippen molar-refractivity contribution in [3.8, 4) is 0 Å². The summed E-state index contributed by atoms with van der Waals surface area (Å²) in [6.45, 7) is 2.09. The Bertz CT molecular complexity index is 51.3. The van der Waals surface area contributed by atoms with E-state index in [9.17, 15) is 0 Å². The molecular weight excluding hydrogens is 85.7 g/mol. The van der Waals surface area contributed by atoms with Gasteiger partial charge in [0.2, 0.25) is 7.34 Å². The van der Waals surface area contributed by atoms with Crippen LogP contribution in [0.4, 0.5) is 0 Å². The van der Waals surface area contributed by atoms with E-state index in [1.165, 1.54) is 0 Å². The van der Waals surface area contributed by atoms with Crippen molar-refractivity contribution < 1.29 is 5.02 Å². The Morgan fingerprint density at radius 3 is 3.14 bits per heavy atom. The van der Waals surface area contributed by atoms with Gasteiger partial charge in [-0.05, 0) is 0 Å². The van der Waals surface area contributed by atoms with Crippen LogP contribution in [0.25, 0.3) is 0 Å². The predicted molar refractivity (Wildman–Crippen MR) is 34.8 cm³/mol. The Balaban J connectivity index is 2.72. The van der Waals surface area contributed by atoms with Gasteiger partial charge < -0.3 is 5.02 Å². The van der Waals surface area contributed by atoms with Gasteiger partial charge >= 0.3 is 0 Å². The highest BCUT2D eigenvalue weighted by Crippen LogP contribution is 1.90. The Hall–Kier alpha value is 0.0899. The molecule has 39 valence electrons. The monoisotopic (exact) mass is 99.1 g/mol. The van der Waals surface area contributed by atoms with Gasteiger partial charge in [0.25, 0.3) is 0 Å². The van der Waals surface area contributed by atoms with Crippen LogP contribution in [0.5, 0.6) is 0 Å². The molecule has 0 aliphatic rings. The van der Waals surface area contributed by atoms with Gasteiger partial charge in [0.15, 0.2) is 0 Å². The minimum atomic E-state index is -0.971. The highest BCUT2D eigenvalue weighted by atomic mass is 16.2. The highest BCUT2D eigenvalue weighted by molar-refractivity contribution is 6.96. The van der Waals surface area contributed by atoms with Gasteiger partial charge in [-0.1, -0.05) is 26.1 Å². The molecule has 0 aliphatic carbocycles. The van der Waals surface area contributed by atoms with E-state index in [2.05, 4.69) is 6.92 Å². The molecule has 1 nitrogen and oxygen atoms in total. The minimum absolute atomic E-state index is 0.862. The fourth-order valence-corrected chi connectivity index (χ4v) is 0.397. The van der Waals surface area contributed by atoms with Crippen LogP contribution in [0.1, 0.15) is 19.8 Å². The summed E-state index contributed by atoms with van der Waals surface area (Å²) < 4.78 is 6.66. The first-order valence-corrected chi connectivity index (χ1v) is 2.71. The molecule has 0 rings (SSSR count). The van der Waals surface area contributed by atoms with Crippen molar-refractivity contribution in [2.45, 2.75) is 26.1 Å². The maximum absolute atomic E-state index is 8.39. The molecule has 1 N–H and O–H groups in total. The Labute approximate surface area is 48.0 Å². The fourth-order valence-electron chi connectivity index (χ4n) is 0.397. The van der Waals surface area contributed by atoms with Crippen LogP contribution >= 0.6 is 0 Å². The number of rotatable bonds is 4. The second kappa shape index (κ2) is 6.09. The topological polar surface area (TPSA) is 20.2 Å². The first-order valence-electron chi connectivity index (χ1n) is 3.28. The third-order valence-corrected chi connectivity index (χ3v) is 0.830. The molecule has 0 amide bonds. The lowest BCUT2D eigenvalue weighted by molar-refractivity contribution is 0.620. The molecule has 0 atom stereocenters. The summed E-state index contributed by atoms with van der Waals surface area (Å²) in [5.41, 5.74) is 0. The summed E-state index contributed by atoms with van der Waals surface area (Å²) in [5, 5.41) is 8.39. The highest BCUT2D eigenvalue weighted by Gasteiger charge is 1.86. The largest absolute Gasteiger partial charge is 0.463 e. The molecule has 0 aromatic rings. The lowest BCUT2D eigenvalue weighted by Gasteiger charge is -1.87.